The van der Waals surface area contributed by atoms with Crippen molar-refractivity contribution >= 4 is 15.9 Å². The van der Waals surface area contributed by atoms with Crippen molar-refractivity contribution in [1.29, 1.82) is 0 Å². The van der Waals surface area contributed by atoms with Crippen molar-refractivity contribution in [2.45, 2.75) is 30.9 Å². The van der Waals surface area contributed by atoms with E-state index in [4.69, 9.17) is 10.5 Å². The predicted molar refractivity (Wildman–Crippen MR) is 61.4 cm³/mol. The molecule has 0 aliphatic heterocycles. The van der Waals surface area contributed by atoms with Crippen LogP contribution in [0.15, 0.2) is 10.7 Å². The lowest BCUT2D eigenvalue weighted by Crippen LogP contribution is -2.49. The maximum Gasteiger partial charge on any atom is 0.0886 e. The number of halogens is 1. The second-order valence-corrected chi connectivity index (χ2v) is 4.96. The lowest BCUT2D eigenvalue weighted by atomic mass is 9.73. The minimum absolute atomic E-state index is 0.113. The number of nitrogens with zero attached hydrogens (tertiary/aromatic N) is 2. The number of nitrogens with two attached hydrogens (primary N) is 1. The maximum absolute atomic E-state index is 6.28. The monoisotopic (exact) mass is 273 g/mol. The van der Waals surface area contributed by atoms with Gasteiger partial charge in [-0.3, -0.25) is 4.68 Å². The van der Waals surface area contributed by atoms with Crippen molar-refractivity contribution in [3.05, 3.63) is 16.4 Å². The molecule has 1 atom stereocenters. The smallest absolute Gasteiger partial charge is 0.0886 e. The molecular formula is C10H16BrN3O. The van der Waals surface area contributed by atoms with Gasteiger partial charge in [0.25, 0.3) is 0 Å². The molecule has 0 saturated heterocycles. The first kappa shape index (κ1) is 11.1. The summed E-state index contributed by atoms with van der Waals surface area (Å²) in [6.45, 7) is 0. The van der Waals surface area contributed by atoms with Crippen LogP contribution in [0.1, 0.15) is 31.0 Å². The van der Waals surface area contributed by atoms with Crippen LogP contribution in [0.2, 0.25) is 0 Å². The summed E-state index contributed by atoms with van der Waals surface area (Å²) in [5.41, 5.74) is 7.10. The summed E-state index contributed by atoms with van der Waals surface area (Å²) in [6, 6.07) is -0.113. The van der Waals surface area contributed by atoms with Crippen LogP contribution in [-0.2, 0) is 11.8 Å². The Morgan fingerprint density at radius 2 is 2.33 bits per heavy atom. The van der Waals surface area contributed by atoms with Gasteiger partial charge in [-0.1, -0.05) is 0 Å². The summed E-state index contributed by atoms with van der Waals surface area (Å²) in [7, 11) is 3.64. The van der Waals surface area contributed by atoms with Gasteiger partial charge in [-0.25, -0.2) is 0 Å². The van der Waals surface area contributed by atoms with Gasteiger partial charge in [-0.15, -0.1) is 0 Å². The SMILES string of the molecule is COC1(C(N)c2c(Br)cnn2C)CCC1. The van der Waals surface area contributed by atoms with Gasteiger partial charge in [0.15, 0.2) is 0 Å². The van der Waals surface area contributed by atoms with Gasteiger partial charge >= 0.3 is 0 Å². The average Bonchev–Trinajstić information content (AvgIpc) is 2.45. The third kappa shape index (κ3) is 1.62. The summed E-state index contributed by atoms with van der Waals surface area (Å²) in [6.07, 6.45) is 5.03. The van der Waals surface area contributed by atoms with Gasteiger partial charge in [0.2, 0.25) is 0 Å². The number of ether oxygens (including phenoxy) is 1. The fourth-order valence-corrected chi connectivity index (χ4v) is 2.78. The van der Waals surface area contributed by atoms with E-state index in [0.29, 0.717) is 0 Å². The number of methoxy groups -OCH3 is 1. The van der Waals surface area contributed by atoms with E-state index in [0.717, 1.165) is 23.0 Å². The topological polar surface area (TPSA) is 53.1 Å². The molecular weight excluding hydrogens is 258 g/mol. The van der Waals surface area contributed by atoms with E-state index in [-0.39, 0.29) is 11.6 Å². The quantitative estimate of drug-likeness (QED) is 0.913. The zero-order valence-corrected chi connectivity index (χ0v) is 10.6. The summed E-state index contributed by atoms with van der Waals surface area (Å²) in [4.78, 5) is 0. The second kappa shape index (κ2) is 3.88. The Morgan fingerprint density at radius 1 is 1.67 bits per heavy atom. The maximum atomic E-state index is 6.28. The lowest BCUT2D eigenvalue weighted by molar-refractivity contribution is -0.0927. The predicted octanol–water partition coefficient (Wildman–Crippen LogP) is 1.75. The zero-order chi connectivity index (χ0) is 11.1. The molecule has 1 aromatic heterocycles. The Hall–Kier alpha value is -0.390. The van der Waals surface area contributed by atoms with Gasteiger partial charge < -0.3 is 10.5 Å². The highest BCUT2D eigenvalue weighted by Crippen LogP contribution is 2.44. The average molecular weight is 274 g/mol. The third-order valence-corrected chi connectivity index (χ3v) is 4.02. The van der Waals surface area contributed by atoms with Crippen LogP contribution in [0.5, 0.6) is 0 Å². The molecule has 0 bridgehead atoms. The van der Waals surface area contributed by atoms with Crippen LogP contribution >= 0.6 is 15.9 Å². The molecule has 0 spiro atoms. The van der Waals surface area contributed by atoms with Crippen molar-refractivity contribution in [3.63, 3.8) is 0 Å². The normalized spacial score (nSPS) is 21.1. The van der Waals surface area contributed by atoms with Crippen LogP contribution in [0.3, 0.4) is 0 Å². The lowest BCUT2D eigenvalue weighted by Gasteiger charge is -2.44. The van der Waals surface area contributed by atoms with Crippen molar-refractivity contribution in [3.8, 4) is 0 Å². The molecule has 1 aliphatic rings. The number of hydrogen-bond donors (Lipinski definition) is 1. The Labute approximate surface area is 97.9 Å². The number of aryl methyl sites for hydroxylation is 1. The molecule has 1 unspecified atom stereocenters. The fraction of sp³-hybridized carbons (Fsp3) is 0.700. The summed E-state index contributed by atoms with van der Waals surface area (Å²) in [5.74, 6) is 0. The summed E-state index contributed by atoms with van der Waals surface area (Å²) < 4.78 is 8.35. The first-order valence-electron chi connectivity index (χ1n) is 5.09. The fourth-order valence-electron chi connectivity index (χ4n) is 2.19. The highest BCUT2D eigenvalue weighted by atomic mass is 79.9. The standard InChI is InChI=1S/C10H16BrN3O/c1-14-8(7(11)6-13-14)9(12)10(15-2)4-3-5-10/h6,9H,3-5,12H2,1-2H3. The Bertz CT molecular complexity index is 335. The van der Waals surface area contributed by atoms with Crippen molar-refractivity contribution in [2.75, 3.05) is 7.11 Å². The molecule has 0 aromatic carbocycles. The van der Waals surface area contributed by atoms with E-state index in [1.807, 2.05) is 11.7 Å². The molecule has 0 amide bonds. The molecule has 4 nitrogen and oxygen atoms in total. The summed E-state index contributed by atoms with van der Waals surface area (Å²) >= 11 is 3.47. The Morgan fingerprint density at radius 3 is 2.67 bits per heavy atom. The molecule has 5 heteroatoms. The molecule has 1 aromatic rings. The van der Waals surface area contributed by atoms with Crippen molar-refractivity contribution in [1.82, 2.24) is 9.78 Å². The molecule has 84 valence electrons. The molecule has 0 radical (unpaired) electrons. The Balaban J connectivity index is 2.31. The van der Waals surface area contributed by atoms with Gasteiger partial charge in [-0.2, -0.15) is 5.10 Å². The first-order chi connectivity index (χ1) is 7.10. The van der Waals surface area contributed by atoms with Crippen LogP contribution in [-0.4, -0.2) is 22.5 Å². The van der Waals surface area contributed by atoms with Gasteiger partial charge in [0.1, 0.15) is 0 Å². The van der Waals surface area contributed by atoms with Crippen LogP contribution < -0.4 is 5.73 Å². The first-order valence-corrected chi connectivity index (χ1v) is 5.88. The minimum Gasteiger partial charge on any atom is -0.376 e. The van der Waals surface area contributed by atoms with Crippen molar-refractivity contribution in [2.24, 2.45) is 12.8 Å². The minimum atomic E-state index is -0.184. The van der Waals surface area contributed by atoms with E-state index in [9.17, 15) is 0 Å². The van der Waals surface area contributed by atoms with E-state index >= 15 is 0 Å². The van der Waals surface area contributed by atoms with E-state index in [1.54, 1.807) is 13.3 Å². The number of aromatic nitrogens is 2. The molecule has 2 N–H and O–H groups in total. The van der Waals surface area contributed by atoms with Crippen LogP contribution in [0.4, 0.5) is 0 Å². The molecule has 1 aliphatic carbocycles. The van der Waals surface area contributed by atoms with E-state index < -0.39 is 0 Å². The molecule has 1 fully saturated rings. The molecule has 2 rings (SSSR count). The largest absolute Gasteiger partial charge is 0.376 e. The highest BCUT2D eigenvalue weighted by Gasteiger charge is 2.45. The Kier molecular flexibility index (Phi) is 2.87. The number of hydrogen-bond acceptors (Lipinski definition) is 3. The molecule has 15 heavy (non-hydrogen) atoms. The molecule has 1 heterocycles. The van der Waals surface area contributed by atoms with Gasteiger partial charge in [0.05, 0.1) is 28.0 Å². The second-order valence-electron chi connectivity index (χ2n) is 4.10. The van der Waals surface area contributed by atoms with Crippen LogP contribution in [0, 0.1) is 0 Å². The van der Waals surface area contributed by atoms with Crippen LogP contribution in [0.25, 0.3) is 0 Å². The van der Waals surface area contributed by atoms with Crippen molar-refractivity contribution < 1.29 is 4.74 Å². The van der Waals surface area contributed by atoms with E-state index in [1.165, 1.54) is 6.42 Å². The highest BCUT2D eigenvalue weighted by molar-refractivity contribution is 9.10. The van der Waals surface area contributed by atoms with Gasteiger partial charge in [-0.05, 0) is 35.2 Å². The zero-order valence-electron chi connectivity index (χ0n) is 9.03. The van der Waals surface area contributed by atoms with E-state index in [2.05, 4.69) is 21.0 Å². The summed E-state index contributed by atoms with van der Waals surface area (Å²) in [5, 5.41) is 4.18. The number of rotatable bonds is 3. The molecule has 1 saturated carbocycles. The third-order valence-electron chi connectivity index (χ3n) is 3.41. The van der Waals surface area contributed by atoms with Gasteiger partial charge in [0, 0.05) is 14.2 Å².